The lowest BCUT2D eigenvalue weighted by Gasteiger charge is -2.33. The fourth-order valence-electron chi connectivity index (χ4n) is 4.44. The Kier molecular flexibility index (Phi) is 3.17. The van der Waals surface area contributed by atoms with Crippen LogP contribution in [0.2, 0.25) is 0 Å². The number of rotatable bonds is 2. The third-order valence-corrected chi connectivity index (χ3v) is 6.00. The standard InChI is InChI=1S/C21H27N2/c1-16-9-7-8-12-19(16)22-15-23-20(17(22)2)13-14-21(23,3)18-10-5-4-6-11-18/h7-9,12-15,18H,4-6,10-11H2,1-3H3/q+1/i15D. The largest absolute Gasteiger partial charge is 0.250 e. The van der Waals surface area contributed by atoms with Crippen LogP contribution in [-0.2, 0) is 5.54 Å². The van der Waals surface area contributed by atoms with E-state index >= 15 is 0 Å². The fraction of sp³-hybridized carbons (Fsp3) is 0.476. The van der Waals surface area contributed by atoms with Gasteiger partial charge in [0.1, 0.15) is 11.2 Å². The maximum atomic E-state index is 8.94. The lowest BCUT2D eigenvalue weighted by atomic mass is 9.76. The van der Waals surface area contributed by atoms with Gasteiger partial charge in [0.25, 0.3) is 0 Å². The molecule has 1 atom stereocenters. The summed E-state index contributed by atoms with van der Waals surface area (Å²) in [6.45, 7) is 6.60. The number of aryl methyl sites for hydroxylation is 1. The molecule has 4 rings (SSSR count). The number of aromatic nitrogens is 2. The van der Waals surface area contributed by atoms with Gasteiger partial charge < -0.3 is 0 Å². The van der Waals surface area contributed by atoms with Crippen LogP contribution in [0.1, 0.15) is 57.3 Å². The van der Waals surface area contributed by atoms with Gasteiger partial charge >= 0.3 is 0 Å². The molecule has 2 nitrogen and oxygen atoms in total. The van der Waals surface area contributed by atoms with Gasteiger partial charge in [0.15, 0.2) is 12.8 Å². The lowest BCUT2D eigenvalue weighted by molar-refractivity contribution is -0.602. The average Bonchev–Trinajstić information content (AvgIpc) is 3.07. The zero-order valence-corrected chi connectivity index (χ0v) is 14.5. The van der Waals surface area contributed by atoms with Crippen LogP contribution in [0.3, 0.4) is 0 Å². The monoisotopic (exact) mass is 308 g/mol. The lowest BCUT2D eigenvalue weighted by Crippen LogP contribution is -2.38. The fourth-order valence-corrected chi connectivity index (χ4v) is 4.44. The van der Waals surface area contributed by atoms with Crippen molar-refractivity contribution in [3.8, 4) is 5.69 Å². The molecule has 0 amide bonds. The average molecular weight is 308 g/mol. The van der Waals surface area contributed by atoms with Crippen molar-refractivity contribution in [2.45, 2.75) is 58.4 Å². The van der Waals surface area contributed by atoms with Crippen molar-refractivity contribution in [3.05, 3.63) is 53.6 Å². The van der Waals surface area contributed by atoms with Gasteiger partial charge in [-0.15, -0.1) is 0 Å². The Hall–Kier alpha value is -1.83. The van der Waals surface area contributed by atoms with E-state index in [1.807, 2.05) is 0 Å². The molecule has 0 bridgehead atoms. The topological polar surface area (TPSA) is 8.81 Å². The first-order valence-electron chi connectivity index (χ1n) is 9.43. The van der Waals surface area contributed by atoms with Gasteiger partial charge in [-0.3, -0.25) is 0 Å². The van der Waals surface area contributed by atoms with Crippen LogP contribution in [0, 0.1) is 19.8 Å². The molecule has 2 heterocycles. The van der Waals surface area contributed by atoms with Crippen molar-refractivity contribution in [3.63, 3.8) is 0 Å². The van der Waals surface area contributed by atoms with Gasteiger partial charge in [-0.2, -0.15) is 4.57 Å². The molecule has 0 saturated heterocycles. The van der Waals surface area contributed by atoms with E-state index in [0.717, 1.165) is 5.69 Å². The summed E-state index contributed by atoms with van der Waals surface area (Å²) in [5.74, 6) is 0.643. The molecular formula is C21H27N2+. The molecule has 0 N–H and O–H groups in total. The third kappa shape index (κ3) is 2.19. The molecule has 1 unspecified atom stereocenters. The normalized spacial score (nSPS) is 24.7. The summed E-state index contributed by atoms with van der Waals surface area (Å²) in [5.41, 5.74) is 4.67. The smallest absolute Gasteiger partial charge is 0.221 e. The van der Waals surface area contributed by atoms with Crippen molar-refractivity contribution in [1.82, 2.24) is 4.57 Å². The summed E-state index contributed by atoms with van der Waals surface area (Å²) < 4.78 is 13.3. The van der Waals surface area contributed by atoms with E-state index < -0.39 is 0 Å². The van der Waals surface area contributed by atoms with Crippen LogP contribution in [0.4, 0.5) is 0 Å². The molecule has 1 aromatic carbocycles. The van der Waals surface area contributed by atoms with Crippen molar-refractivity contribution >= 4 is 6.08 Å². The summed E-state index contributed by atoms with van der Waals surface area (Å²) in [4.78, 5) is 0. The Morgan fingerprint density at radius 3 is 2.65 bits per heavy atom. The molecule has 1 aromatic heterocycles. The first-order chi connectivity index (χ1) is 11.5. The van der Waals surface area contributed by atoms with Crippen LogP contribution >= 0.6 is 0 Å². The van der Waals surface area contributed by atoms with E-state index in [9.17, 15) is 0 Å². The maximum absolute atomic E-state index is 8.94. The number of nitrogens with zero attached hydrogens (tertiary/aromatic N) is 2. The first-order valence-corrected chi connectivity index (χ1v) is 8.93. The van der Waals surface area contributed by atoms with Crippen molar-refractivity contribution in [2.24, 2.45) is 5.92 Å². The second-order valence-corrected chi connectivity index (χ2v) is 7.42. The van der Waals surface area contributed by atoms with Crippen LogP contribution in [0.15, 0.2) is 36.6 Å². The van der Waals surface area contributed by atoms with Gasteiger partial charge in [-0.05, 0) is 50.5 Å². The predicted octanol–water partition coefficient (Wildman–Crippen LogP) is 4.70. The van der Waals surface area contributed by atoms with E-state index in [1.165, 1.54) is 49.1 Å². The molecule has 2 heteroatoms. The number of hydrogen-bond acceptors (Lipinski definition) is 0. The quantitative estimate of drug-likeness (QED) is 0.711. The molecule has 0 spiro atoms. The Bertz CT molecular complexity index is 811. The van der Waals surface area contributed by atoms with E-state index in [2.05, 4.69) is 66.3 Å². The molecule has 2 aliphatic rings. The second-order valence-electron chi connectivity index (χ2n) is 7.42. The Labute approximate surface area is 140 Å². The van der Waals surface area contributed by atoms with E-state index in [-0.39, 0.29) is 5.54 Å². The summed E-state index contributed by atoms with van der Waals surface area (Å²) in [5, 5.41) is 0. The van der Waals surface area contributed by atoms with Crippen molar-refractivity contribution in [1.29, 1.82) is 0 Å². The zero-order chi connectivity index (χ0) is 16.9. The molecule has 120 valence electrons. The minimum Gasteiger partial charge on any atom is -0.221 e. The van der Waals surface area contributed by atoms with Crippen LogP contribution in [0.25, 0.3) is 11.8 Å². The van der Waals surface area contributed by atoms with Crippen LogP contribution in [-0.4, -0.2) is 4.57 Å². The van der Waals surface area contributed by atoms with Gasteiger partial charge in [-0.1, -0.05) is 37.5 Å². The number of para-hydroxylation sites is 1. The molecule has 1 aliphatic carbocycles. The summed E-state index contributed by atoms with van der Waals surface area (Å²) >= 11 is 0. The minimum absolute atomic E-state index is 0.0501. The molecule has 23 heavy (non-hydrogen) atoms. The summed E-state index contributed by atoms with van der Waals surface area (Å²) in [6.07, 6.45) is 11.8. The van der Waals surface area contributed by atoms with Crippen molar-refractivity contribution in [2.75, 3.05) is 0 Å². The molecule has 1 fully saturated rings. The van der Waals surface area contributed by atoms with Crippen LogP contribution < -0.4 is 4.57 Å². The number of benzene rings is 1. The van der Waals surface area contributed by atoms with E-state index in [1.54, 1.807) is 0 Å². The maximum Gasteiger partial charge on any atom is 0.250 e. The molecule has 2 aromatic rings. The Morgan fingerprint density at radius 2 is 1.91 bits per heavy atom. The Morgan fingerprint density at radius 1 is 1.17 bits per heavy atom. The second kappa shape index (κ2) is 5.36. The van der Waals surface area contributed by atoms with Gasteiger partial charge in [0, 0.05) is 12.8 Å². The van der Waals surface area contributed by atoms with Gasteiger partial charge in [-0.25, -0.2) is 4.57 Å². The molecule has 1 aliphatic heterocycles. The van der Waals surface area contributed by atoms with E-state index in [0.29, 0.717) is 12.2 Å². The highest BCUT2D eigenvalue weighted by Crippen LogP contribution is 2.42. The highest BCUT2D eigenvalue weighted by atomic mass is 15.2. The Balaban J connectivity index is 1.87. The number of allylic oxidation sites excluding steroid dienone is 1. The van der Waals surface area contributed by atoms with Crippen molar-refractivity contribution < 1.29 is 5.94 Å². The van der Waals surface area contributed by atoms with Gasteiger partial charge in [0.2, 0.25) is 6.30 Å². The van der Waals surface area contributed by atoms with Gasteiger partial charge in [0.05, 0.1) is 0 Å². The molecular weight excluding hydrogens is 280 g/mol. The molecule has 1 saturated carbocycles. The number of hydrogen-bond donors (Lipinski definition) is 0. The third-order valence-electron chi connectivity index (χ3n) is 6.00. The molecule has 0 radical (unpaired) electrons. The highest BCUT2D eigenvalue weighted by Gasteiger charge is 2.44. The number of imidazole rings is 1. The highest BCUT2D eigenvalue weighted by molar-refractivity contribution is 5.54. The van der Waals surface area contributed by atoms with Crippen LogP contribution in [0.5, 0.6) is 0 Å². The van der Waals surface area contributed by atoms with E-state index in [4.69, 9.17) is 1.37 Å². The summed E-state index contributed by atoms with van der Waals surface area (Å²) in [7, 11) is 0. The zero-order valence-electron chi connectivity index (χ0n) is 15.5. The SMILES string of the molecule is [2H]c1n2c(c(C)[n+]1-c1ccccc1C)C=CC2(C)C1CCCCC1. The predicted molar refractivity (Wildman–Crippen MR) is 94.7 cm³/mol. The number of fused-ring (bicyclic) bond motifs is 1. The minimum atomic E-state index is -0.0501. The summed E-state index contributed by atoms with van der Waals surface area (Å²) in [6, 6.07) is 8.37. The first kappa shape index (κ1) is 13.6.